The molecule has 1 heterocycles. The quantitative estimate of drug-likeness (QED) is 0.723. The number of carbonyl (C=O) groups is 1. The highest BCUT2D eigenvalue weighted by atomic mass is 16.1. The summed E-state index contributed by atoms with van der Waals surface area (Å²) in [7, 11) is 0. The molecule has 0 radical (unpaired) electrons. The summed E-state index contributed by atoms with van der Waals surface area (Å²) in [6.45, 7) is 10.9. The Bertz CT molecular complexity index is 227. The van der Waals surface area contributed by atoms with Gasteiger partial charge >= 0.3 is 0 Å². The Morgan fingerprint density at radius 1 is 1.18 bits per heavy atom. The second-order valence-electron chi connectivity index (χ2n) is 6.34. The largest absolute Gasteiger partial charge is 0.356 e. The molecule has 17 heavy (non-hydrogen) atoms. The Morgan fingerprint density at radius 3 is 2.41 bits per heavy atom. The molecule has 0 aliphatic carbocycles. The van der Waals surface area contributed by atoms with Gasteiger partial charge in [0.1, 0.15) is 0 Å². The van der Waals surface area contributed by atoms with Crippen molar-refractivity contribution < 1.29 is 4.79 Å². The topological polar surface area (TPSA) is 32.3 Å². The van der Waals surface area contributed by atoms with E-state index in [4.69, 9.17) is 0 Å². The third kappa shape index (κ3) is 7.37. The monoisotopic (exact) mass is 240 g/mol. The molecule has 0 atom stereocenters. The lowest BCUT2D eigenvalue weighted by Gasteiger charge is -2.17. The Morgan fingerprint density at radius 2 is 1.82 bits per heavy atom. The normalized spacial score (nSPS) is 17.4. The van der Waals surface area contributed by atoms with Crippen LogP contribution in [0.5, 0.6) is 0 Å². The fourth-order valence-corrected chi connectivity index (χ4v) is 2.24. The number of carbonyl (C=O) groups excluding carboxylic acids is 1. The molecule has 1 amide bonds. The first-order valence-electron chi connectivity index (χ1n) is 6.96. The van der Waals surface area contributed by atoms with Crippen LogP contribution in [0.25, 0.3) is 0 Å². The van der Waals surface area contributed by atoms with E-state index in [9.17, 15) is 4.79 Å². The molecule has 0 aromatic heterocycles. The molecule has 1 N–H and O–H groups in total. The van der Waals surface area contributed by atoms with Crippen LogP contribution in [0.4, 0.5) is 0 Å². The molecule has 1 fully saturated rings. The van der Waals surface area contributed by atoms with Crippen LogP contribution in [0.15, 0.2) is 0 Å². The van der Waals surface area contributed by atoms with E-state index in [1.54, 1.807) is 0 Å². The van der Waals surface area contributed by atoms with Crippen molar-refractivity contribution in [2.75, 3.05) is 26.2 Å². The van der Waals surface area contributed by atoms with E-state index in [1.165, 1.54) is 38.9 Å². The predicted molar refractivity (Wildman–Crippen MR) is 72.0 cm³/mol. The van der Waals surface area contributed by atoms with E-state index < -0.39 is 0 Å². The molecule has 3 nitrogen and oxygen atoms in total. The van der Waals surface area contributed by atoms with Crippen molar-refractivity contribution >= 4 is 5.91 Å². The van der Waals surface area contributed by atoms with Crippen LogP contribution >= 0.6 is 0 Å². The van der Waals surface area contributed by atoms with Crippen LogP contribution < -0.4 is 5.32 Å². The summed E-state index contributed by atoms with van der Waals surface area (Å²) < 4.78 is 0. The number of hydrogen-bond acceptors (Lipinski definition) is 2. The predicted octanol–water partition coefficient (Wildman–Crippen LogP) is 2.41. The van der Waals surface area contributed by atoms with Gasteiger partial charge in [0.25, 0.3) is 0 Å². The maximum atomic E-state index is 11.6. The standard InChI is InChI=1S/C14H28N2O/c1-14(2,3)12-13(17)15-8-4-5-9-16-10-6-7-11-16/h4-12H2,1-3H3,(H,15,17). The highest BCUT2D eigenvalue weighted by Gasteiger charge is 2.15. The molecule has 3 heteroatoms. The minimum atomic E-state index is 0.0969. The summed E-state index contributed by atoms with van der Waals surface area (Å²) in [5, 5.41) is 3.01. The molecule has 0 unspecified atom stereocenters. The van der Waals surface area contributed by atoms with Gasteiger partial charge in [0.15, 0.2) is 0 Å². The molecule has 1 rings (SSSR count). The third-order valence-electron chi connectivity index (χ3n) is 3.11. The molecule has 1 aliphatic rings. The van der Waals surface area contributed by atoms with Crippen LogP contribution in [-0.2, 0) is 4.79 Å². The lowest BCUT2D eigenvalue weighted by atomic mass is 9.92. The molecule has 0 aromatic carbocycles. The van der Waals surface area contributed by atoms with Crippen molar-refractivity contribution in [1.29, 1.82) is 0 Å². The van der Waals surface area contributed by atoms with Gasteiger partial charge in [0, 0.05) is 13.0 Å². The van der Waals surface area contributed by atoms with E-state index in [0.717, 1.165) is 13.0 Å². The fraction of sp³-hybridized carbons (Fsp3) is 0.929. The van der Waals surface area contributed by atoms with E-state index in [1.807, 2.05) is 0 Å². The number of amides is 1. The Balaban J connectivity index is 1.94. The van der Waals surface area contributed by atoms with E-state index in [-0.39, 0.29) is 11.3 Å². The smallest absolute Gasteiger partial charge is 0.220 e. The lowest BCUT2D eigenvalue weighted by molar-refractivity contribution is -0.122. The zero-order chi connectivity index (χ0) is 12.7. The number of rotatable bonds is 6. The summed E-state index contributed by atoms with van der Waals surface area (Å²) in [4.78, 5) is 14.1. The van der Waals surface area contributed by atoms with Gasteiger partial charge in [-0.15, -0.1) is 0 Å². The Kier molecular flexibility index (Phi) is 5.96. The van der Waals surface area contributed by atoms with Crippen molar-refractivity contribution in [3.8, 4) is 0 Å². The van der Waals surface area contributed by atoms with Crippen molar-refractivity contribution in [3.63, 3.8) is 0 Å². The summed E-state index contributed by atoms with van der Waals surface area (Å²) in [6.07, 6.45) is 5.66. The first-order valence-corrected chi connectivity index (χ1v) is 6.96. The minimum absolute atomic E-state index is 0.0969. The average Bonchev–Trinajstić information content (AvgIpc) is 2.67. The van der Waals surface area contributed by atoms with Crippen LogP contribution in [0, 0.1) is 5.41 Å². The lowest BCUT2D eigenvalue weighted by Crippen LogP contribution is -2.29. The first kappa shape index (κ1) is 14.5. The number of nitrogens with one attached hydrogen (secondary N) is 1. The van der Waals surface area contributed by atoms with Crippen molar-refractivity contribution in [3.05, 3.63) is 0 Å². The van der Waals surface area contributed by atoms with Gasteiger partial charge < -0.3 is 10.2 Å². The molecule has 0 saturated carbocycles. The van der Waals surface area contributed by atoms with E-state index >= 15 is 0 Å². The Labute approximate surface area is 106 Å². The zero-order valence-electron chi connectivity index (χ0n) is 11.7. The van der Waals surface area contributed by atoms with Gasteiger partial charge in [-0.05, 0) is 50.7 Å². The molecule has 1 aliphatic heterocycles. The summed E-state index contributed by atoms with van der Waals surface area (Å²) in [6, 6.07) is 0. The molecule has 0 aromatic rings. The second kappa shape index (κ2) is 7.00. The highest BCUT2D eigenvalue weighted by molar-refractivity contribution is 5.76. The van der Waals surface area contributed by atoms with Gasteiger partial charge in [-0.25, -0.2) is 0 Å². The third-order valence-corrected chi connectivity index (χ3v) is 3.11. The SMILES string of the molecule is CC(C)(C)CC(=O)NCCCCN1CCCC1. The van der Waals surface area contributed by atoms with Gasteiger partial charge in [-0.2, -0.15) is 0 Å². The van der Waals surface area contributed by atoms with E-state index in [0.29, 0.717) is 6.42 Å². The van der Waals surface area contributed by atoms with Crippen LogP contribution in [0.2, 0.25) is 0 Å². The zero-order valence-corrected chi connectivity index (χ0v) is 11.7. The highest BCUT2D eigenvalue weighted by Crippen LogP contribution is 2.17. The number of nitrogens with zero attached hydrogens (tertiary/aromatic N) is 1. The maximum Gasteiger partial charge on any atom is 0.220 e. The number of hydrogen-bond donors (Lipinski definition) is 1. The van der Waals surface area contributed by atoms with Gasteiger partial charge in [-0.1, -0.05) is 20.8 Å². The first-order chi connectivity index (χ1) is 7.97. The van der Waals surface area contributed by atoms with E-state index in [2.05, 4.69) is 31.0 Å². The summed E-state index contributed by atoms with van der Waals surface area (Å²) in [5.41, 5.74) is 0.0969. The van der Waals surface area contributed by atoms with Crippen LogP contribution in [-0.4, -0.2) is 37.0 Å². The summed E-state index contributed by atoms with van der Waals surface area (Å²) in [5.74, 6) is 0.193. The fourth-order valence-electron chi connectivity index (χ4n) is 2.24. The Hall–Kier alpha value is -0.570. The second-order valence-corrected chi connectivity index (χ2v) is 6.34. The minimum Gasteiger partial charge on any atom is -0.356 e. The maximum absolute atomic E-state index is 11.6. The van der Waals surface area contributed by atoms with Crippen molar-refractivity contribution in [2.45, 2.75) is 52.9 Å². The van der Waals surface area contributed by atoms with Crippen molar-refractivity contribution in [2.24, 2.45) is 5.41 Å². The molecule has 1 saturated heterocycles. The number of unbranched alkanes of at least 4 members (excludes halogenated alkanes) is 1. The van der Waals surface area contributed by atoms with Crippen molar-refractivity contribution in [1.82, 2.24) is 10.2 Å². The average molecular weight is 240 g/mol. The molecule has 100 valence electrons. The van der Waals surface area contributed by atoms with Gasteiger partial charge in [0.2, 0.25) is 5.91 Å². The number of likely N-dealkylation sites (tertiary alicyclic amines) is 1. The molecular formula is C14H28N2O. The molecule has 0 bridgehead atoms. The van der Waals surface area contributed by atoms with Crippen LogP contribution in [0.3, 0.4) is 0 Å². The van der Waals surface area contributed by atoms with Crippen LogP contribution in [0.1, 0.15) is 52.9 Å². The molecular weight excluding hydrogens is 212 g/mol. The molecule has 0 spiro atoms. The summed E-state index contributed by atoms with van der Waals surface area (Å²) >= 11 is 0. The van der Waals surface area contributed by atoms with Gasteiger partial charge in [-0.3, -0.25) is 4.79 Å². The van der Waals surface area contributed by atoms with Gasteiger partial charge in [0.05, 0.1) is 0 Å².